The van der Waals surface area contributed by atoms with Crippen LogP contribution in [0.1, 0.15) is 32.6 Å². The van der Waals surface area contributed by atoms with Gasteiger partial charge in [-0.25, -0.2) is 4.79 Å². The van der Waals surface area contributed by atoms with Gasteiger partial charge < -0.3 is 32.1 Å². The topological polar surface area (TPSA) is 215 Å². The Hall–Kier alpha value is -2.61. The Morgan fingerprint density at radius 1 is 1.21 bits per heavy atom. The number of carbonyl (C=O) groups excluding carboxylic acids is 3. The van der Waals surface area contributed by atoms with E-state index in [1.807, 2.05) is 0 Å². The van der Waals surface area contributed by atoms with E-state index in [0.717, 1.165) is 11.8 Å². The minimum Gasteiger partial charge on any atom is -0.464 e. The lowest BCUT2D eigenvalue weighted by atomic mass is 10.2. The number of nitrogens with two attached hydrogens (primary N) is 3. The maximum absolute atomic E-state index is 12.1. The third kappa shape index (κ3) is 15.0. The molecule has 0 spiro atoms. The summed E-state index contributed by atoms with van der Waals surface area (Å²) in [6.07, 6.45) is 1.55. The molecule has 0 saturated carbocycles. The smallest absolute Gasteiger partial charge is 0.329 e. The highest BCUT2D eigenvalue weighted by Gasteiger charge is 2.24. The van der Waals surface area contributed by atoms with Crippen molar-refractivity contribution < 1.29 is 29.0 Å². The fourth-order valence-corrected chi connectivity index (χ4v) is 2.82. The number of ether oxygens (including phenoxy) is 1. The van der Waals surface area contributed by atoms with E-state index >= 15 is 0 Å². The number of hydrogen-bond acceptors (Lipinski definition) is 10. The monoisotopic (exact) mass is 436 g/mol. The molecule has 0 bridgehead atoms. The fraction of sp³-hybridized carbons (Fsp3) is 0.733. The number of rotatable bonds is 15. The van der Waals surface area contributed by atoms with Crippen molar-refractivity contribution in [2.75, 3.05) is 25.5 Å². The molecule has 0 rings (SSSR count). The second-order valence-corrected chi connectivity index (χ2v) is 6.89. The van der Waals surface area contributed by atoms with E-state index in [2.05, 4.69) is 15.1 Å². The zero-order valence-corrected chi connectivity index (χ0v) is 17.0. The van der Waals surface area contributed by atoms with Crippen molar-refractivity contribution in [2.45, 2.75) is 44.7 Å². The van der Waals surface area contributed by atoms with Gasteiger partial charge in [-0.3, -0.25) is 14.6 Å². The van der Waals surface area contributed by atoms with Crippen LogP contribution >= 0.6 is 11.8 Å². The van der Waals surface area contributed by atoms with Crippen molar-refractivity contribution in [3.63, 3.8) is 0 Å². The molecule has 166 valence electrons. The van der Waals surface area contributed by atoms with Gasteiger partial charge in [-0.1, -0.05) is 11.8 Å². The number of thioether (sulfide) groups is 1. The van der Waals surface area contributed by atoms with Crippen LogP contribution in [0.15, 0.2) is 4.99 Å². The first-order chi connectivity index (χ1) is 13.6. The number of unbranched alkanes of at least 4 members (excludes halogenated alkanes) is 1. The van der Waals surface area contributed by atoms with Crippen molar-refractivity contribution in [1.29, 1.82) is 0 Å². The Balaban J connectivity index is 4.32. The average molecular weight is 436 g/mol. The van der Waals surface area contributed by atoms with E-state index in [1.165, 1.54) is 6.92 Å². The second-order valence-electron chi connectivity index (χ2n) is 5.87. The molecule has 0 aliphatic heterocycles. The molecule has 14 heteroatoms. The molecule has 0 aliphatic carbocycles. The van der Waals surface area contributed by atoms with Gasteiger partial charge >= 0.3 is 5.97 Å². The first-order valence-electron chi connectivity index (χ1n) is 8.82. The Labute approximate surface area is 172 Å². The molecule has 7 N–H and O–H groups in total. The predicted molar refractivity (Wildman–Crippen MR) is 106 cm³/mol. The Kier molecular flexibility index (Phi) is 13.9. The van der Waals surface area contributed by atoms with Crippen LogP contribution in [0.25, 0.3) is 0 Å². The fourth-order valence-electron chi connectivity index (χ4n) is 1.94. The molecular formula is C15H28N6O7S. The van der Waals surface area contributed by atoms with Gasteiger partial charge in [0.2, 0.25) is 11.0 Å². The van der Waals surface area contributed by atoms with Crippen LogP contribution in [0.3, 0.4) is 0 Å². The van der Waals surface area contributed by atoms with E-state index in [9.17, 15) is 24.5 Å². The number of guanidine groups is 1. The summed E-state index contributed by atoms with van der Waals surface area (Å²) in [7, 11) is 0. The summed E-state index contributed by atoms with van der Waals surface area (Å²) >= 11 is 0.818. The molecule has 2 atom stereocenters. The van der Waals surface area contributed by atoms with Crippen LogP contribution in [0, 0.1) is 10.1 Å². The molecular weight excluding hydrogens is 408 g/mol. The number of nitrogens with zero attached hydrogens (tertiary/aromatic N) is 2. The average Bonchev–Trinajstić information content (AvgIpc) is 2.63. The number of carbonyl (C=O) groups is 3. The highest BCUT2D eigenvalue weighted by molar-refractivity contribution is 8.13. The second kappa shape index (κ2) is 15.3. The lowest BCUT2D eigenvalue weighted by Gasteiger charge is -2.17. The summed E-state index contributed by atoms with van der Waals surface area (Å²) in [6.45, 7) is 1.47. The highest BCUT2D eigenvalue weighted by atomic mass is 32.2. The summed E-state index contributed by atoms with van der Waals surface area (Å²) in [4.78, 5) is 53.4. The normalized spacial score (nSPS) is 12.3. The summed E-state index contributed by atoms with van der Waals surface area (Å²) in [6, 6.07) is -1.78. The first-order valence-corrected chi connectivity index (χ1v) is 9.80. The Morgan fingerprint density at radius 2 is 1.86 bits per heavy atom. The Bertz CT molecular complexity index is 586. The van der Waals surface area contributed by atoms with E-state index in [1.54, 1.807) is 0 Å². The van der Waals surface area contributed by atoms with E-state index < -0.39 is 29.0 Å². The van der Waals surface area contributed by atoms with Gasteiger partial charge in [0.25, 0.3) is 5.09 Å². The van der Waals surface area contributed by atoms with Gasteiger partial charge in [-0.15, -0.1) is 10.1 Å². The third-order valence-electron chi connectivity index (χ3n) is 3.30. The standard InChI is InChI=1S/C15H28N6O7S/c1-10(22)20-12(13(23)27-7-2-3-8-28-21(25)26)9-29-14(24)11(16)5-4-6-19-15(17)18/h11-12H,2-9,16H2,1H3,(H,20,22)(H4,17,18,19)/t11?,12-/m1/s1. The molecule has 0 aromatic carbocycles. The van der Waals surface area contributed by atoms with Gasteiger partial charge in [0.05, 0.1) is 19.3 Å². The zero-order chi connectivity index (χ0) is 22.2. The number of amides is 1. The van der Waals surface area contributed by atoms with E-state index in [4.69, 9.17) is 21.9 Å². The number of aliphatic imine (C=N–C) groups is 1. The summed E-state index contributed by atoms with van der Waals surface area (Å²) in [5.74, 6) is -1.25. The van der Waals surface area contributed by atoms with Crippen LogP contribution in [0.5, 0.6) is 0 Å². The van der Waals surface area contributed by atoms with Crippen molar-refractivity contribution in [3.05, 3.63) is 10.1 Å². The van der Waals surface area contributed by atoms with Crippen molar-refractivity contribution in [1.82, 2.24) is 5.32 Å². The van der Waals surface area contributed by atoms with Crippen molar-refractivity contribution >= 4 is 34.7 Å². The van der Waals surface area contributed by atoms with Crippen LogP contribution in [-0.2, 0) is 24.0 Å². The molecule has 0 aliphatic rings. The van der Waals surface area contributed by atoms with Gasteiger partial charge in [-0.2, -0.15) is 0 Å². The summed E-state index contributed by atoms with van der Waals surface area (Å²) < 4.78 is 5.03. The van der Waals surface area contributed by atoms with E-state index in [0.29, 0.717) is 32.2 Å². The maximum Gasteiger partial charge on any atom is 0.329 e. The van der Waals surface area contributed by atoms with Gasteiger partial charge in [0, 0.05) is 19.2 Å². The number of nitrogens with one attached hydrogen (secondary N) is 1. The highest BCUT2D eigenvalue weighted by Crippen LogP contribution is 2.11. The third-order valence-corrected chi connectivity index (χ3v) is 4.39. The summed E-state index contributed by atoms with van der Waals surface area (Å²) in [5.41, 5.74) is 16.2. The predicted octanol–water partition coefficient (Wildman–Crippen LogP) is -1.34. The van der Waals surface area contributed by atoms with Crippen LogP contribution < -0.4 is 22.5 Å². The molecule has 1 amide bonds. The lowest BCUT2D eigenvalue weighted by Crippen LogP contribution is -2.43. The number of esters is 1. The van der Waals surface area contributed by atoms with Crippen LogP contribution in [-0.4, -0.2) is 65.6 Å². The lowest BCUT2D eigenvalue weighted by molar-refractivity contribution is -0.757. The first kappa shape index (κ1) is 26.4. The van der Waals surface area contributed by atoms with Crippen LogP contribution in [0.4, 0.5) is 0 Å². The SMILES string of the molecule is CC(=O)N[C@H](CSC(=O)C(N)CCCN=C(N)N)C(=O)OCCCCO[N+](=O)[O-]. The van der Waals surface area contributed by atoms with Gasteiger partial charge in [-0.05, 0) is 25.7 Å². The Morgan fingerprint density at radius 3 is 2.45 bits per heavy atom. The molecule has 0 heterocycles. The van der Waals surface area contributed by atoms with Crippen molar-refractivity contribution in [3.8, 4) is 0 Å². The van der Waals surface area contributed by atoms with E-state index in [-0.39, 0.29) is 30.0 Å². The molecule has 29 heavy (non-hydrogen) atoms. The molecule has 0 radical (unpaired) electrons. The number of hydrogen-bond donors (Lipinski definition) is 4. The quantitative estimate of drug-likeness (QED) is 0.0588. The molecule has 1 unspecified atom stereocenters. The minimum absolute atomic E-state index is 0.00108. The van der Waals surface area contributed by atoms with Gasteiger partial charge in [0.15, 0.2) is 5.96 Å². The summed E-state index contributed by atoms with van der Waals surface area (Å²) in [5, 5.41) is 11.2. The molecule has 0 fully saturated rings. The maximum atomic E-state index is 12.1. The molecule has 0 aromatic heterocycles. The molecule has 0 aromatic rings. The molecule has 0 saturated heterocycles. The van der Waals surface area contributed by atoms with Crippen LogP contribution in [0.2, 0.25) is 0 Å². The largest absolute Gasteiger partial charge is 0.464 e. The van der Waals surface area contributed by atoms with Crippen molar-refractivity contribution in [2.24, 2.45) is 22.2 Å². The minimum atomic E-state index is -1.02. The zero-order valence-electron chi connectivity index (χ0n) is 16.2. The van der Waals surface area contributed by atoms with Gasteiger partial charge in [0.1, 0.15) is 6.04 Å². The molecule has 13 nitrogen and oxygen atoms in total.